The fourth-order valence-corrected chi connectivity index (χ4v) is 1.38. The largest absolute Gasteiger partial charge is 0.479 e. The Labute approximate surface area is 117 Å². The van der Waals surface area contributed by atoms with E-state index in [4.69, 9.17) is 5.11 Å². The molecule has 1 rings (SSSR count). The molecule has 0 saturated heterocycles. The molecule has 1 aromatic heterocycles. The highest BCUT2D eigenvalue weighted by Crippen LogP contribution is 2.28. The quantitative estimate of drug-likeness (QED) is 0.770. The van der Waals surface area contributed by atoms with E-state index in [9.17, 15) is 27.9 Å². The summed E-state index contributed by atoms with van der Waals surface area (Å²) in [7, 11) is 0. The summed E-state index contributed by atoms with van der Waals surface area (Å²) in [4.78, 5) is 25.7. The average Bonchev–Trinajstić information content (AvgIpc) is 2.34. The number of alkyl halides is 3. The van der Waals surface area contributed by atoms with Gasteiger partial charge in [0.1, 0.15) is 5.69 Å². The SMILES string of the molecule is Cc1nc(C(F)(F)F)ccc1C(=O)NCC(C)(O)C(=O)O. The molecule has 0 bridgehead atoms. The highest BCUT2D eigenvalue weighted by Gasteiger charge is 2.33. The van der Waals surface area contributed by atoms with Gasteiger partial charge in [-0.3, -0.25) is 4.79 Å². The van der Waals surface area contributed by atoms with Gasteiger partial charge in [-0.1, -0.05) is 0 Å². The number of halogens is 3. The molecule has 0 fully saturated rings. The number of carboxylic acid groups (broad SMARTS) is 1. The zero-order chi connectivity index (χ0) is 16.4. The van der Waals surface area contributed by atoms with Gasteiger partial charge in [-0.15, -0.1) is 0 Å². The van der Waals surface area contributed by atoms with E-state index in [0.717, 1.165) is 13.0 Å². The third-order valence-corrected chi connectivity index (χ3v) is 2.67. The van der Waals surface area contributed by atoms with Gasteiger partial charge in [-0.05, 0) is 26.0 Å². The Morgan fingerprint density at radius 2 is 1.90 bits per heavy atom. The molecule has 0 saturated carbocycles. The van der Waals surface area contributed by atoms with E-state index >= 15 is 0 Å². The molecule has 0 radical (unpaired) electrons. The Morgan fingerprint density at radius 1 is 1.33 bits per heavy atom. The average molecular weight is 306 g/mol. The van der Waals surface area contributed by atoms with Gasteiger partial charge in [-0.25, -0.2) is 9.78 Å². The molecule has 9 heteroatoms. The number of aliphatic carboxylic acids is 1. The molecule has 0 aliphatic rings. The maximum Gasteiger partial charge on any atom is 0.433 e. The van der Waals surface area contributed by atoms with Crippen LogP contribution in [0, 0.1) is 6.92 Å². The minimum atomic E-state index is -4.62. The van der Waals surface area contributed by atoms with E-state index in [0.29, 0.717) is 6.07 Å². The van der Waals surface area contributed by atoms with Crippen molar-refractivity contribution in [3.05, 3.63) is 29.1 Å². The Bertz CT molecular complexity index is 570. The normalized spacial score (nSPS) is 14.4. The molecule has 6 nitrogen and oxygen atoms in total. The van der Waals surface area contributed by atoms with E-state index in [1.165, 1.54) is 6.92 Å². The van der Waals surface area contributed by atoms with Crippen molar-refractivity contribution in [2.45, 2.75) is 25.6 Å². The molecular formula is C12H13F3N2O4. The van der Waals surface area contributed by atoms with Gasteiger partial charge in [0.05, 0.1) is 17.8 Å². The molecule has 0 aliphatic heterocycles. The molecule has 0 aromatic carbocycles. The third kappa shape index (κ3) is 4.15. The molecule has 116 valence electrons. The Balaban J connectivity index is 2.88. The topological polar surface area (TPSA) is 99.5 Å². The van der Waals surface area contributed by atoms with Crippen LogP contribution >= 0.6 is 0 Å². The summed E-state index contributed by atoms with van der Waals surface area (Å²) in [6.07, 6.45) is -4.62. The number of carbonyl (C=O) groups excluding carboxylic acids is 1. The lowest BCUT2D eigenvalue weighted by Gasteiger charge is -2.18. The van der Waals surface area contributed by atoms with E-state index in [2.05, 4.69) is 10.3 Å². The number of aryl methyl sites for hydroxylation is 1. The van der Waals surface area contributed by atoms with Crippen LogP contribution in [0.15, 0.2) is 12.1 Å². The summed E-state index contributed by atoms with van der Waals surface area (Å²) < 4.78 is 37.3. The van der Waals surface area contributed by atoms with Gasteiger partial charge in [0.2, 0.25) is 0 Å². The van der Waals surface area contributed by atoms with Gasteiger partial charge in [0, 0.05) is 0 Å². The molecule has 1 aromatic rings. The lowest BCUT2D eigenvalue weighted by molar-refractivity contribution is -0.155. The van der Waals surface area contributed by atoms with Crippen molar-refractivity contribution in [3.8, 4) is 0 Å². The summed E-state index contributed by atoms with van der Waals surface area (Å²) in [5.74, 6) is -2.36. The fraction of sp³-hybridized carbons (Fsp3) is 0.417. The van der Waals surface area contributed by atoms with Crippen molar-refractivity contribution in [2.24, 2.45) is 0 Å². The van der Waals surface area contributed by atoms with Crippen molar-refractivity contribution in [3.63, 3.8) is 0 Å². The van der Waals surface area contributed by atoms with Gasteiger partial charge >= 0.3 is 12.1 Å². The van der Waals surface area contributed by atoms with E-state index in [1.54, 1.807) is 0 Å². The van der Waals surface area contributed by atoms with Crippen molar-refractivity contribution < 1.29 is 33.0 Å². The van der Waals surface area contributed by atoms with Crippen LogP contribution in [-0.2, 0) is 11.0 Å². The Kier molecular flexibility index (Phi) is 4.57. The Hall–Kier alpha value is -2.16. The number of amides is 1. The van der Waals surface area contributed by atoms with Gasteiger partial charge in [0.15, 0.2) is 5.60 Å². The van der Waals surface area contributed by atoms with Crippen molar-refractivity contribution in [2.75, 3.05) is 6.54 Å². The fourth-order valence-electron chi connectivity index (χ4n) is 1.38. The number of pyridine rings is 1. The van der Waals surface area contributed by atoms with E-state index < -0.39 is 35.9 Å². The molecule has 1 atom stereocenters. The van der Waals surface area contributed by atoms with Crippen LogP contribution in [0.3, 0.4) is 0 Å². The first kappa shape index (κ1) is 16.9. The van der Waals surface area contributed by atoms with Gasteiger partial charge in [0.25, 0.3) is 5.91 Å². The summed E-state index contributed by atoms with van der Waals surface area (Å²) >= 11 is 0. The van der Waals surface area contributed by atoms with Crippen LogP contribution in [0.4, 0.5) is 13.2 Å². The number of aliphatic hydroxyl groups is 1. The number of hydrogen-bond acceptors (Lipinski definition) is 4. The second-order valence-electron chi connectivity index (χ2n) is 4.59. The number of carboxylic acids is 1. The van der Waals surface area contributed by atoms with Crippen molar-refractivity contribution >= 4 is 11.9 Å². The first-order chi connectivity index (χ1) is 9.45. The van der Waals surface area contributed by atoms with Crippen LogP contribution < -0.4 is 5.32 Å². The third-order valence-electron chi connectivity index (χ3n) is 2.67. The second kappa shape index (κ2) is 5.68. The maximum atomic E-state index is 12.4. The minimum absolute atomic E-state index is 0.135. The number of carbonyl (C=O) groups is 2. The molecule has 1 amide bonds. The lowest BCUT2D eigenvalue weighted by Crippen LogP contribution is -2.46. The Morgan fingerprint density at radius 3 is 2.33 bits per heavy atom. The lowest BCUT2D eigenvalue weighted by atomic mass is 10.1. The monoisotopic (exact) mass is 306 g/mol. The first-order valence-corrected chi connectivity index (χ1v) is 5.74. The number of rotatable bonds is 4. The number of aromatic nitrogens is 1. The molecule has 0 spiro atoms. The first-order valence-electron chi connectivity index (χ1n) is 5.74. The molecule has 0 aliphatic carbocycles. The predicted molar refractivity (Wildman–Crippen MR) is 64.6 cm³/mol. The molecule has 1 heterocycles. The van der Waals surface area contributed by atoms with E-state index in [-0.39, 0.29) is 11.3 Å². The zero-order valence-corrected chi connectivity index (χ0v) is 11.2. The van der Waals surface area contributed by atoms with Crippen molar-refractivity contribution in [1.29, 1.82) is 0 Å². The molecule has 1 unspecified atom stereocenters. The van der Waals surface area contributed by atoms with Crippen LogP contribution in [0.2, 0.25) is 0 Å². The van der Waals surface area contributed by atoms with Crippen LogP contribution in [0.5, 0.6) is 0 Å². The summed E-state index contributed by atoms with van der Waals surface area (Å²) in [6.45, 7) is 1.61. The van der Waals surface area contributed by atoms with E-state index in [1.807, 2.05) is 0 Å². The number of nitrogens with one attached hydrogen (secondary N) is 1. The molecule has 21 heavy (non-hydrogen) atoms. The summed E-state index contributed by atoms with van der Waals surface area (Å²) in [5, 5.41) is 20.2. The highest BCUT2D eigenvalue weighted by molar-refractivity contribution is 5.95. The number of nitrogens with zero attached hydrogens (tertiary/aromatic N) is 1. The van der Waals surface area contributed by atoms with Crippen LogP contribution in [0.1, 0.15) is 28.7 Å². The van der Waals surface area contributed by atoms with Crippen LogP contribution in [0.25, 0.3) is 0 Å². The molecular weight excluding hydrogens is 293 g/mol. The van der Waals surface area contributed by atoms with Crippen molar-refractivity contribution in [1.82, 2.24) is 10.3 Å². The summed E-state index contributed by atoms with van der Waals surface area (Å²) in [6, 6.07) is 1.59. The van der Waals surface area contributed by atoms with Gasteiger partial charge in [-0.2, -0.15) is 13.2 Å². The maximum absolute atomic E-state index is 12.4. The van der Waals surface area contributed by atoms with Gasteiger partial charge < -0.3 is 15.5 Å². The summed E-state index contributed by atoms with van der Waals surface area (Å²) in [5.41, 5.74) is -3.60. The predicted octanol–water partition coefficient (Wildman–Crippen LogP) is 0.974. The smallest absolute Gasteiger partial charge is 0.433 e. The highest BCUT2D eigenvalue weighted by atomic mass is 19.4. The number of hydrogen-bond donors (Lipinski definition) is 3. The standard InChI is InChI=1S/C12H13F3N2O4/c1-6-7(3-4-8(17-6)12(13,14)15)9(18)16-5-11(2,21)10(19)20/h3-4,21H,5H2,1-2H3,(H,16,18)(H,19,20). The minimum Gasteiger partial charge on any atom is -0.479 e. The van der Waals surface area contributed by atoms with Crippen LogP contribution in [-0.4, -0.2) is 39.2 Å². The molecule has 3 N–H and O–H groups in total. The zero-order valence-electron chi connectivity index (χ0n) is 11.2. The second-order valence-corrected chi connectivity index (χ2v) is 4.59.